The highest BCUT2D eigenvalue weighted by molar-refractivity contribution is 6.31. The second-order valence-electron chi connectivity index (χ2n) is 6.23. The molecule has 0 spiro atoms. The smallest absolute Gasteiger partial charge is 0.320 e. The van der Waals surface area contributed by atoms with Crippen LogP contribution < -0.4 is 5.32 Å². The predicted octanol–water partition coefficient (Wildman–Crippen LogP) is 5.30. The van der Waals surface area contributed by atoms with Crippen molar-refractivity contribution in [3.8, 4) is 0 Å². The minimum atomic E-state index is -4.82. The first-order valence-electron chi connectivity index (χ1n) is 8.29. The molecule has 1 unspecified atom stereocenters. The maximum absolute atomic E-state index is 13.9. The van der Waals surface area contributed by atoms with Crippen LogP contribution in [0.3, 0.4) is 0 Å². The molecule has 2 aromatic carbocycles. The summed E-state index contributed by atoms with van der Waals surface area (Å²) in [7, 11) is 0. The standard InChI is InChI=1S/C19H11Cl2F3N4O/c20-12-5-1-10(2-6-12)15-14(16(29)11-3-7-13(21)8-4-11)17(19(22,23)24)27-18-25-9-26-28(15)18/h1-9,15H,(H,25,26,27). The first kappa shape index (κ1) is 19.5. The van der Waals surface area contributed by atoms with Crippen molar-refractivity contribution in [2.24, 2.45) is 0 Å². The van der Waals surface area contributed by atoms with Crippen molar-refractivity contribution >= 4 is 34.9 Å². The molecule has 0 bridgehead atoms. The van der Waals surface area contributed by atoms with Crippen molar-refractivity contribution in [1.29, 1.82) is 0 Å². The monoisotopic (exact) mass is 438 g/mol. The van der Waals surface area contributed by atoms with Crippen LogP contribution in [0.15, 0.2) is 66.1 Å². The van der Waals surface area contributed by atoms with Crippen LogP contribution in [-0.2, 0) is 0 Å². The minimum absolute atomic E-state index is 0.0653. The molecule has 3 aromatic rings. The Balaban J connectivity index is 1.96. The summed E-state index contributed by atoms with van der Waals surface area (Å²) in [5.41, 5.74) is -1.21. The average molecular weight is 439 g/mol. The Labute approximate surface area is 172 Å². The number of carbonyl (C=O) groups is 1. The lowest BCUT2D eigenvalue weighted by atomic mass is 9.89. The number of rotatable bonds is 3. The Hall–Kier alpha value is -2.84. The minimum Gasteiger partial charge on any atom is -0.320 e. The summed E-state index contributed by atoms with van der Waals surface area (Å²) < 4.78 is 43.0. The number of allylic oxidation sites excluding steroid dienone is 2. The molecule has 0 fully saturated rings. The van der Waals surface area contributed by atoms with E-state index in [0.29, 0.717) is 15.6 Å². The molecule has 1 N–H and O–H groups in total. The zero-order valence-electron chi connectivity index (χ0n) is 14.4. The number of benzene rings is 2. The molecule has 148 valence electrons. The molecule has 1 atom stereocenters. The molecule has 1 aromatic heterocycles. The van der Waals surface area contributed by atoms with E-state index < -0.39 is 29.3 Å². The van der Waals surface area contributed by atoms with Crippen molar-refractivity contribution < 1.29 is 18.0 Å². The van der Waals surface area contributed by atoms with Crippen molar-refractivity contribution in [1.82, 2.24) is 14.8 Å². The number of alkyl halides is 3. The lowest BCUT2D eigenvalue weighted by Crippen LogP contribution is -2.35. The molecular weight excluding hydrogens is 428 g/mol. The fraction of sp³-hybridized carbons (Fsp3) is 0.105. The normalized spacial score (nSPS) is 16.4. The number of Topliss-reactive ketones (excluding diaryl/α,β-unsaturated/α-hetero) is 1. The van der Waals surface area contributed by atoms with E-state index >= 15 is 0 Å². The van der Waals surface area contributed by atoms with Crippen molar-refractivity contribution in [3.05, 3.63) is 87.3 Å². The van der Waals surface area contributed by atoms with Gasteiger partial charge in [-0.25, -0.2) is 4.68 Å². The lowest BCUT2D eigenvalue weighted by molar-refractivity contribution is -0.0918. The Morgan fingerprint density at radius 1 is 1.00 bits per heavy atom. The molecule has 1 aliphatic rings. The van der Waals surface area contributed by atoms with E-state index in [1.807, 2.05) is 0 Å². The third kappa shape index (κ3) is 3.61. The molecular formula is C19H11Cl2F3N4O. The number of hydrogen-bond acceptors (Lipinski definition) is 4. The van der Waals surface area contributed by atoms with Crippen molar-refractivity contribution in [2.45, 2.75) is 12.2 Å². The maximum atomic E-state index is 13.9. The fourth-order valence-electron chi connectivity index (χ4n) is 3.14. The lowest BCUT2D eigenvalue weighted by Gasteiger charge is -2.30. The number of ketones is 1. The number of fused-ring (bicyclic) bond motifs is 1. The summed E-state index contributed by atoms with van der Waals surface area (Å²) in [6, 6.07) is 10.7. The number of hydrogen-bond donors (Lipinski definition) is 1. The van der Waals surface area contributed by atoms with Gasteiger partial charge in [-0.05, 0) is 42.0 Å². The van der Waals surface area contributed by atoms with E-state index in [-0.39, 0.29) is 11.5 Å². The third-order valence-corrected chi connectivity index (χ3v) is 4.92. The molecule has 4 rings (SSSR count). The molecule has 0 saturated heterocycles. The van der Waals surface area contributed by atoms with Crippen LogP contribution in [0.1, 0.15) is 22.0 Å². The number of nitrogens with zero attached hydrogens (tertiary/aromatic N) is 3. The third-order valence-electron chi connectivity index (χ3n) is 4.42. The summed E-state index contributed by atoms with van der Waals surface area (Å²) in [6.07, 6.45) is -3.70. The molecule has 0 amide bonds. The van der Waals surface area contributed by atoms with Crippen LogP contribution in [0.5, 0.6) is 0 Å². The van der Waals surface area contributed by atoms with Gasteiger partial charge in [0.15, 0.2) is 5.78 Å². The topological polar surface area (TPSA) is 59.8 Å². The van der Waals surface area contributed by atoms with E-state index in [0.717, 1.165) is 6.33 Å². The van der Waals surface area contributed by atoms with Gasteiger partial charge in [-0.1, -0.05) is 35.3 Å². The Morgan fingerprint density at radius 2 is 1.59 bits per heavy atom. The van der Waals surface area contributed by atoms with Crippen LogP contribution in [0, 0.1) is 0 Å². The zero-order chi connectivity index (χ0) is 20.8. The summed E-state index contributed by atoms with van der Waals surface area (Å²) in [5, 5.41) is 7.01. The summed E-state index contributed by atoms with van der Waals surface area (Å²) >= 11 is 11.8. The van der Waals surface area contributed by atoms with Crippen LogP contribution in [0.2, 0.25) is 10.0 Å². The van der Waals surface area contributed by atoms with Gasteiger partial charge in [0.2, 0.25) is 5.95 Å². The van der Waals surface area contributed by atoms with E-state index in [1.165, 1.54) is 41.1 Å². The number of halogens is 5. The van der Waals surface area contributed by atoms with Gasteiger partial charge in [0.25, 0.3) is 0 Å². The van der Waals surface area contributed by atoms with Crippen LogP contribution in [0.4, 0.5) is 19.1 Å². The quantitative estimate of drug-likeness (QED) is 0.563. The van der Waals surface area contributed by atoms with E-state index in [2.05, 4.69) is 15.4 Å². The zero-order valence-corrected chi connectivity index (χ0v) is 15.9. The highest BCUT2D eigenvalue weighted by atomic mass is 35.5. The summed E-state index contributed by atoms with van der Waals surface area (Å²) in [4.78, 5) is 17.1. The summed E-state index contributed by atoms with van der Waals surface area (Å²) in [6.45, 7) is 0. The second-order valence-corrected chi connectivity index (χ2v) is 7.10. The molecule has 0 radical (unpaired) electrons. The van der Waals surface area contributed by atoms with Crippen LogP contribution in [-0.4, -0.2) is 26.7 Å². The number of anilines is 1. The first-order valence-corrected chi connectivity index (χ1v) is 9.05. The summed E-state index contributed by atoms with van der Waals surface area (Å²) in [5.74, 6) is -0.924. The molecule has 10 heteroatoms. The van der Waals surface area contributed by atoms with E-state index in [4.69, 9.17) is 23.2 Å². The Kier molecular flexibility index (Phi) is 4.84. The van der Waals surface area contributed by atoms with Gasteiger partial charge >= 0.3 is 6.18 Å². The Morgan fingerprint density at radius 3 is 2.17 bits per heavy atom. The highest BCUT2D eigenvalue weighted by Crippen LogP contribution is 2.42. The average Bonchev–Trinajstić information content (AvgIpc) is 3.15. The van der Waals surface area contributed by atoms with Gasteiger partial charge in [0, 0.05) is 15.6 Å². The Bertz CT molecular complexity index is 1110. The number of nitrogens with one attached hydrogen (secondary N) is 1. The molecule has 0 aliphatic carbocycles. The van der Waals surface area contributed by atoms with Crippen LogP contribution in [0.25, 0.3) is 0 Å². The molecule has 1 aliphatic heterocycles. The van der Waals surface area contributed by atoms with Gasteiger partial charge in [-0.15, -0.1) is 0 Å². The first-order chi connectivity index (χ1) is 13.8. The molecule has 29 heavy (non-hydrogen) atoms. The second kappa shape index (κ2) is 7.20. The van der Waals surface area contributed by atoms with Crippen LogP contribution >= 0.6 is 23.2 Å². The number of carbonyl (C=O) groups excluding carboxylic acids is 1. The fourth-order valence-corrected chi connectivity index (χ4v) is 3.39. The van der Waals surface area contributed by atoms with E-state index in [9.17, 15) is 18.0 Å². The van der Waals surface area contributed by atoms with E-state index in [1.54, 1.807) is 12.1 Å². The van der Waals surface area contributed by atoms with Crippen molar-refractivity contribution in [3.63, 3.8) is 0 Å². The number of aromatic nitrogens is 3. The van der Waals surface area contributed by atoms with Gasteiger partial charge < -0.3 is 5.32 Å². The largest absolute Gasteiger partial charge is 0.431 e. The predicted molar refractivity (Wildman–Crippen MR) is 102 cm³/mol. The molecule has 0 saturated carbocycles. The van der Waals surface area contributed by atoms with Gasteiger partial charge in [0.1, 0.15) is 18.1 Å². The van der Waals surface area contributed by atoms with Gasteiger partial charge in [-0.2, -0.15) is 23.3 Å². The SMILES string of the molecule is O=C(C1=C(C(F)(F)F)Nc2ncnn2C1c1ccc(Cl)cc1)c1ccc(Cl)cc1. The van der Waals surface area contributed by atoms with Gasteiger partial charge in [-0.3, -0.25) is 4.79 Å². The van der Waals surface area contributed by atoms with Crippen molar-refractivity contribution in [2.75, 3.05) is 5.32 Å². The molecule has 5 nitrogen and oxygen atoms in total. The van der Waals surface area contributed by atoms with Gasteiger partial charge in [0.05, 0.1) is 5.57 Å². The molecule has 2 heterocycles. The highest BCUT2D eigenvalue weighted by Gasteiger charge is 2.45. The maximum Gasteiger partial charge on any atom is 0.431 e.